The molecule has 0 bridgehead atoms. The predicted octanol–water partition coefficient (Wildman–Crippen LogP) is 5.12. The zero-order valence-corrected chi connectivity index (χ0v) is 19.2. The fraction of sp³-hybridized carbons (Fsp3) is 0.423. The van der Waals surface area contributed by atoms with Crippen molar-refractivity contribution in [2.75, 3.05) is 6.61 Å². The molecule has 0 heterocycles. The first kappa shape index (κ1) is 21.7. The minimum absolute atomic E-state index is 0.0259. The summed E-state index contributed by atoms with van der Waals surface area (Å²) in [6, 6.07) is 21.6. The first-order chi connectivity index (χ1) is 13.8. The normalized spacial score (nSPS) is 22.4. The number of aldehydes is 1. The lowest BCUT2D eigenvalue weighted by Gasteiger charge is -2.46. The molecule has 0 radical (unpaired) electrons. The lowest BCUT2D eigenvalue weighted by molar-refractivity contribution is -0.110. The quantitative estimate of drug-likeness (QED) is 0.362. The summed E-state index contributed by atoms with van der Waals surface area (Å²) < 4.78 is 7.14. The third-order valence-electron chi connectivity index (χ3n) is 6.62. The molecule has 2 nitrogen and oxygen atoms in total. The van der Waals surface area contributed by atoms with Gasteiger partial charge in [-0.25, -0.2) is 0 Å². The van der Waals surface area contributed by atoms with Crippen molar-refractivity contribution in [3.8, 4) is 0 Å². The maximum absolute atomic E-state index is 11.4. The van der Waals surface area contributed by atoms with Crippen LogP contribution < -0.4 is 10.4 Å². The number of carbonyl (C=O) groups excluding carboxylic acids is 1. The van der Waals surface area contributed by atoms with Gasteiger partial charge in [-0.3, -0.25) is 0 Å². The van der Waals surface area contributed by atoms with Crippen LogP contribution in [-0.2, 0) is 9.22 Å². The topological polar surface area (TPSA) is 26.3 Å². The van der Waals surface area contributed by atoms with Crippen molar-refractivity contribution in [1.82, 2.24) is 0 Å². The predicted molar refractivity (Wildman–Crippen MR) is 124 cm³/mol. The van der Waals surface area contributed by atoms with Gasteiger partial charge in [0.1, 0.15) is 6.29 Å². The standard InChI is InChI=1S/C26H34O2Si/c1-25(2,3)29(23-14-7-5-8-15-23,24-16-9-6-10-17-24)28-21-22-13-11-12-18-26(22,4)19-20-27/h5-12,14-17,20,22H,13,18-19,21H2,1-4H3/t22-,26-/m0/s1. The van der Waals surface area contributed by atoms with Gasteiger partial charge in [-0.05, 0) is 39.6 Å². The van der Waals surface area contributed by atoms with E-state index in [1.165, 1.54) is 10.4 Å². The third-order valence-corrected chi connectivity index (χ3v) is 11.6. The highest BCUT2D eigenvalue weighted by atomic mass is 28.4. The molecule has 0 aliphatic heterocycles. The van der Waals surface area contributed by atoms with E-state index in [1.807, 2.05) is 0 Å². The van der Waals surface area contributed by atoms with Crippen LogP contribution in [0.5, 0.6) is 0 Å². The Labute approximate surface area is 177 Å². The second-order valence-electron chi connectivity index (χ2n) is 9.61. The van der Waals surface area contributed by atoms with Crippen LogP contribution in [0.2, 0.25) is 5.04 Å². The Bertz CT molecular complexity index is 783. The van der Waals surface area contributed by atoms with Gasteiger partial charge in [0.2, 0.25) is 0 Å². The van der Waals surface area contributed by atoms with Crippen molar-refractivity contribution in [2.45, 2.75) is 52.0 Å². The fourth-order valence-electron chi connectivity index (χ4n) is 4.76. The third kappa shape index (κ3) is 4.31. The van der Waals surface area contributed by atoms with Gasteiger partial charge >= 0.3 is 0 Å². The van der Waals surface area contributed by atoms with E-state index >= 15 is 0 Å². The van der Waals surface area contributed by atoms with Crippen LogP contribution in [0, 0.1) is 11.3 Å². The van der Waals surface area contributed by atoms with E-state index in [0.717, 1.165) is 19.1 Å². The molecule has 0 amide bonds. The summed E-state index contributed by atoms with van der Waals surface area (Å²) >= 11 is 0. The fourth-order valence-corrected chi connectivity index (χ4v) is 9.37. The minimum Gasteiger partial charge on any atom is -0.407 e. The van der Waals surface area contributed by atoms with Gasteiger partial charge in [-0.2, -0.15) is 0 Å². The Hall–Kier alpha value is -1.97. The summed E-state index contributed by atoms with van der Waals surface area (Å²) in [4.78, 5) is 11.4. The smallest absolute Gasteiger partial charge is 0.261 e. The average molecular weight is 407 g/mol. The maximum atomic E-state index is 11.4. The van der Waals surface area contributed by atoms with Gasteiger partial charge in [0.05, 0.1) is 0 Å². The Morgan fingerprint density at radius 3 is 2.03 bits per heavy atom. The first-order valence-corrected chi connectivity index (χ1v) is 12.6. The van der Waals surface area contributed by atoms with E-state index in [2.05, 4.69) is 101 Å². The number of rotatable bonds is 7. The molecule has 1 aliphatic rings. The molecular weight excluding hydrogens is 372 g/mol. The Morgan fingerprint density at radius 2 is 1.55 bits per heavy atom. The van der Waals surface area contributed by atoms with Crippen molar-refractivity contribution in [1.29, 1.82) is 0 Å². The summed E-state index contributed by atoms with van der Waals surface area (Å²) in [5, 5.41) is 2.59. The van der Waals surface area contributed by atoms with Crippen LogP contribution in [-0.4, -0.2) is 21.2 Å². The molecule has 0 unspecified atom stereocenters. The molecule has 2 aromatic carbocycles. The average Bonchev–Trinajstić information content (AvgIpc) is 2.70. The second kappa shape index (κ2) is 8.81. The molecule has 0 saturated heterocycles. The van der Waals surface area contributed by atoms with E-state index in [1.54, 1.807) is 0 Å². The van der Waals surface area contributed by atoms with Crippen molar-refractivity contribution in [3.05, 3.63) is 72.8 Å². The van der Waals surface area contributed by atoms with Crippen LogP contribution in [0.4, 0.5) is 0 Å². The molecule has 29 heavy (non-hydrogen) atoms. The van der Waals surface area contributed by atoms with Gasteiger partial charge in [-0.1, -0.05) is 101 Å². The van der Waals surface area contributed by atoms with Crippen LogP contribution in [0.1, 0.15) is 47.0 Å². The molecule has 2 atom stereocenters. The van der Waals surface area contributed by atoms with Crippen molar-refractivity contribution >= 4 is 25.0 Å². The summed E-state index contributed by atoms with van der Waals surface area (Å²) in [7, 11) is -2.53. The number of carbonyl (C=O) groups is 1. The van der Waals surface area contributed by atoms with Crippen LogP contribution >= 0.6 is 0 Å². The summed E-state index contributed by atoms with van der Waals surface area (Å²) in [5.74, 6) is 0.347. The molecule has 0 fully saturated rings. The zero-order chi connectivity index (χ0) is 21.0. The lowest BCUT2D eigenvalue weighted by atomic mass is 9.69. The second-order valence-corrected chi connectivity index (χ2v) is 13.9. The van der Waals surface area contributed by atoms with Crippen LogP contribution in [0.15, 0.2) is 72.8 Å². The summed E-state index contributed by atoms with van der Waals surface area (Å²) in [6.45, 7) is 9.85. The number of allylic oxidation sites excluding steroid dienone is 2. The largest absolute Gasteiger partial charge is 0.407 e. The molecule has 3 rings (SSSR count). The van der Waals surface area contributed by atoms with Gasteiger partial charge in [0.25, 0.3) is 8.32 Å². The lowest BCUT2D eigenvalue weighted by Crippen LogP contribution is -2.67. The molecule has 0 saturated carbocycles. The van der Waals surface area contributed by atoms with E-state index in [0.29, 0.717) is 18.9 Å². The molecule has 0 N–H and O–H groups in total. The molecule has 154 valence electrons. The Morgan fingerprint density at radius 1 is 1.00 bits per heavy atom. The monoisotopic (exact) mass is 406 g/mol. The highest BCUT2D eigenvalue weighted by molar-refractivity contribution is 6.99. The first-order valence-electron chi connectivity index (χ1n) is 10.7. The van der Waals surface area contributed by atoms with Crippen LogP contribution in [0.25, 0.3) is 0 Å². The Balaban J connectivity index is 2.04. The SMILES string of the molecule is CC(C)(C)[Si](OC[C@@H]1CC=CC[C@@]1(C)CC=O)(c1ccccc1)c1ccccc1. The molecule has 1 aliphatic carbocycles. The minimum atomic E-state index is -2.53. The van der Waals surface area contributed by atoms with Gasteiger partial charge < -0.3 is 9.22 Å². The van der Waals surface area contributed by atoms with Crippen molar-refractivity contribution < 1.29 is 9.22 Å². The van der Waals surface area contributed by atoms with E-state index in [9.17, 15) is 4.79 Å². The molecule has 0 aromatic heterocycles. The number of hydrogen-bond acceptors (Lipinski definition) is 2. The van der Waals surface area contributed by atoms with Crippen molar-refractivity contribution in [3.63, 3.8) is 0 Å². The van der Waals surface area contributed by atoms with Gasteiger partial charge in [-0.15, -0.1) is 0 Å². The van der Waals surface area contributed by atoms with Gasteiger partial charge in [0.15, 0.2) is 0 Å². The summed E-state index contributed by atoms with van der Waals surface area (Å²) in [6.07, 6.45) is 8.07. The maximum Gasteiger partial charge on any atom is 0.261 e. The number of hydrogen-bond donors (Lipinski definition) is 0. The van der Waals surface area contributed by atoms with E-state index in [-0.39, 0.29) is 10.5 Å². The molecular formula is C26H34O2Si. The Kier molecular flexibility index (Phi) is 6.60. The highest BCUT2D eigenvalue weighted by Crippen LogP contribution is 2.43. The van der Waals surface area contributed by atoms with E-state index < -0.39 is 8.32 Å². The summed E-state index contributed by atoms with van der Waals surface area (Å²) in [5.41, 5.74) is -0.0259. The molecule has 3 heteroatoms. The molecule has 2 aromatic rings. The highest BCUT2D eigenvalue weighted by Gasteiger charge is 2.51. The van der Waals surface area contributed by atoms with Crippen LogP contribution in [0.3, 0.4) is 0 Å². The van der Waals surface area contributed by atoms with Crippen molar-refractivity contribution in [2.24, 2.45) is 11.3 Å². The zero-order valence-electron chi connectivity index (χ0n) is 18.2. The number of benzene rings is 2. The molecule has 0 spiro atoms. The van der Waals surface area contributed by atoms with E-state index in [4.69, 9.17) is 4.43 Å². The van der Waals surface area contributed by atoms with Gasteiger partial charge in [0, 0.05) is 13.0 Å².